The molecule has 0 amide bonds. The SMILES string of the molecule is CCCNc1ncnc(Oc2cccc(Cl)c2)c1C(C)C. The molecule has 0 aliphatic carbocycles. The Morgan fingerprint density at radius 1 is 1.29 bits per heavy atom. The smallest absolute Gasteiger partial charge is 0.227 e. The monoisotopic (exact) mass is 305 g/mol. The van der Waals surface area contributed by atoms with Crippen molar-refractivity contribution in [2.24, 2.45) is 0 Å². The van der Waals surface area contributed by atoms with Crippen LogP contribution in [0.1, 0.15) is 38.7 Å². The second kappa shape index (κ2) is 7.27. The molecule has 21 heavy (non-hydrogen) atoms. The highest BCUT2D eigenvalue weighted by atomic mass is 35.5. The molecule has 1 N–H and O–H groups in total. The van der Waals surface area contributed by atoms with E-state index in [4.69, 9.17) is 16.3 Å². The summed E-state index contributed by atoms with van der Waals surface area (Å²) in [7, 11) is 0. The van der Waals surface area contributed by atoms with Gasteiger partial charge in [0.1, 0.15) is 17.9 Å². The van der Waals surface area contributed by atoms with E-state index in [0.29, 0.717) is 16.7 Å². The molecule has 0 spiro atoms. The summed E-state index contributed by atoms with van der Waals surface area (Å²) in [6, 6.07) is 7.29. The van der Waals surface area contributed by atoms with Gasteiger partial charge in [-0.3, -0.25) is 0 Å². The molecule has 5 heteroatoms. The van der Waals surface area contributed by atoms with Crippen LogP contribution in [-0.4, -0.2) is 16.5 Å². The summed E-state index contributed by atoms with van der Waals surface area (Å²) in [5.74, 6) is 2.32. The first-order valence-electron chi connectivity index (χ1n) is 7.14. The lowest BCUT2D eigenvalue weighted by Gasteiger charge is -2.16. The van der Waals surface area contributed by atoms with Gasteiger partial charge >= 0.3 is 0 Å². The molecule has 2 aromatic rings. The van der Waals surface area contributed by atoms with E-state index < -0.39 is 0 Å². The van der Waals surface area contributed by atoms with Crippen molar-refractivity contribution >= 4 is 17.4 Å². The first kappa shape index (κ1) is 15.6. The first-order valence-corrected chi connectivity index (χ1v) is 7.51. The van der Waals surface area contributed by atoms with Crippen LogP contribution in [0.25, 0.3) is 0 Å². The van der Waals surface area contributed by atoms with E-state index in [0.717, 1.165) is 24.3 Å². The van der Waals surface area contributed by atoms with Crippen molar-refractivity contribution in [1.29, 1.82) is 0 Å². The predicted molar refractivity (Wildman–Crippen MR) is 86.4 cm³/mol. The van der Waals surface area contributed by atoms with Gasteiger partial charge in [-0.1, -0.05) is 38.4 Å². The van der Waals surface area contributed by atoms with E-state index in [1.807, 2.05) is 18.2 Å². The van der Waals surface area contributed by atoms with Crippen LogP contribution in [0.2, 0.25) is 5.02 Å². The summed E-state index contributed by atoms with van der Waals surface area (Å²) in [6.45, 7) is 7.18. The van der Waals surface area contributed by atoms with Crippen molar-refractivity contribution in [2.75, 3.05) is 11.9 Å². The minimum atomic E-state index is 0.250. The number of nitrogens with zero attached hydrogens (tertiary/aromatic N) is 2. The summed E-state index contributed by atoms with van der Waals surface area (Å²) < 4.78 is 5.90. The van der Waals surface area contributed by atoms with Crippen molar-refractivity contribution in [3.05, 3.63) is 41.2 Å². The summed E-state index contributed by atoms with van der Waals surface area (Å²) in [4.78, 5) is 8.61. The number of hydrogen-bond acceptors (Lipinski definition) is 4. The zero-order chi connectivity index (χ0) is 15.2. The Morgan fingerprint density at radius 2 is 2.10 bits per heavy atom. The molecule has 1 aromatic carbocycles. The van der Waals surface area contributed by atoms with Gasteiger partial charge in [0, 0.05) is 11.6 Å². The molecular formula is C16H20ClN3O. The van der Waals surface area contributed by atoms with Crippen molar-refractivity contribution < 1.29 is 4.74 Å². The summed E-state index contributed by atoms with van der Waals surface area (Å²) in [6.07, 6.45) is 2.55. The largest absolute Gasteiger partial charge is 0.438 e. The molecule has 1 heterocycles. The number of anilines is 1. The van der Waals surface area contributed by atoms with Gasteiger partial charge < -0.3 is 10.1 Å². The van der Waals surface area contributed by atoms with Crippen molar-refractivity contribution in [2.45, 2.75) is 33.1 Å². The van der Waals surface area contributed by atoms with Gasteiger partial charge in [0.15, 0.2) is 0 Å². The van der Waals surface area contributed by atoms with Gasteiger partial charge in [0.05, 0.1) is 5.56 Å². The Kier molecular flexibility index (Phi) is 5.39. The molecule has 0 atom stereocenters. The minimum Gasteiger partial charge on any atom is -0.438 e. The lowest BCUT2D eigenvalue weighted by molar-refractivity contribution is 0.452. The van der Waals surface area contributed by atoms with E-state index in [1.165, 1.54) is 6.33 Å². The van der Waals surface area contributed by atoms with Crippen LogP contribution < -0.4 is 10.1 Å². The first-order chi connectivity index (χ1) is 10.1. The highest BCUT2D eigenvalue weighted by molar-refractivity contribution is 6.30. The number of nitrogens with one attached hydrogen (secondary N) is 1. The lowest BCUT2D eigenvalue weighted by Crippen LogP contribution is -2.08. The van der Waals surface area contributed by atoms with Gasteiger partial charge in [-0.25, -0.2) is 9.97 Å². The van der Waals surface area contributed by atoms with Gasteiger partial charge in [-0.2, -0.15) is 0 Å². The van der Waals surface area contributed by atoms with E-state index in [-0.39, 0.29) is 5.92 Å². The molecular weight excluding hydrogens is 286 g/mol. The number of rotatable bonds is 6. The maximum Gasteiger partial charge on any atom is 0.227 e. The van der Waals surface area contributed by atoms with E-state index in [1.54, 1.807) is 6.07 Å². The number of ether oxygens (including phenoxy) is 1. The fraction of sp³-hybridized carbons (Fsp3) is 0.375. The molecule has 2 rings (SSSR count). The number of hydrogen-bond donors (Lipinski definition) is 1. The van der Waals surface area contributed by atoms with Crippen LogP contribution in [0.4, 0.5) is 5.82 Å². The number of benzene rings is 1. The average molecular weight is 306 g/mol. The molecule has 0 aliphatic heterocycles. The van der Waals surface area contributed by atoms with Crippen LogP contribution >= 0.6 is 11.6 Å². The standard InChI is InChI=1S/C16H20ClN3O/c1-4-8-18-15-14(11(2)3)16(20-10-19-15)21-13-7-5-6-12(17)9-13/h5-7,9-11H,4,8H2,1-3H3,(H,18,19,20). The van der Waals surface area contributed by atoms with Gasteiger partial charge in [-0.05, 0) is 30.5 Å². The third-order valence-corrected chi connectivity index (χ3v) is 3.21. The van der Waals surface area contributed by atoms with Crippen LogP contribution in [-0.2, 0) is 0 Å². The number of halogens is 1. The zero-order valence-corrected chi connectivity index (χ0v) is 13.3. The number of aromatic nitrogens is 2. The van der Waals surface area contributed by atoms with Gasteiger partial charge in [0.25, 0.3) is 0 Å². The Labute approximate surface area is 130 Å². The van der Waals surface area contributed by atoms with E-state index in [9.17, 15) is 0 Å². The molecule has 0 saturated carbocycles. The zero-order valence-electron chi connectivity index (χ0n) is 12.6. The maximum atomic E-state index is 5.99. The average Bonchev–Trinajstić information content (AvgIpc) is 2.45. The Morgan fingerprint density at radius 3 is 2.76 bits per heavy atom. The third-order valence-electron chi connectivity index (χ3n) is 2.98. The van der Waals surface area contributed by atoms with E-state index >= 15 is 0 Å². The Balaban J connectivity index is 2.33. The molecule has 0 saturated heterocycles. The second-order valence-electron chi connectivity index (χ2n) is 5.08. The van der Waals surface area contributed by atoms with Gasteiger partial charge in [-0.15, -0.1) is 0 Å². The van der Waals surface area contributed by atoms with Crippen LogP contribution in [0.15, 0.2) is 30.6 Å². The molecule has 0 radical (unpaired) electrons. The van der Waals surface area contributed by atoms with Gasteiger partial charge in [0.2, 0.25) is 5.88 Å². The predicted octanol–water partition coefficient (Wildman–Crippen LogP) is 4.87. The molecule has 1 aromatic heterocycles. The third kappa shape index (κ3) is 4.08. The quantitative estimate of drug-likeness (QED) is 0.827. The fourth-order valence-electron chi connectivity index (χ4n) is 2.01. The topological polar surface area (TPSA) is 47.0 Å². The van der Waals surface area contributed by atoms with Crippen LogP contribution in [0.5, 0.6) is 11.6 Å². The normalized spacial score (nSPS) is 10.7. The highest BCUT2D eigenvalue weighted by Crippen LogP contribution is 2.33. The second-order valence-corrected chi connectivity index (χ2v) is 5.52. The maximum absolute atomic E-state index is 5.99. The molecule has 4 nitrogen and oxygen atoms in total. The molecule has 0 aliphatic rings. The van der Waals surface area contributed by atoms with Crippen LogP contribution in [0.3, 0.4) is 0 Å². The van der Waals surface area contributed by atoms with E-state index in [2.05, 4.69) is 36.1 Å². The summed E-state index contributed by atoms with van der Waals surface area (Å²) >= 11 is 5.99. The summed E-state index contributed by atoms with van der Waals surface area (Å²) in [5, 5.41) is 3.96. The van der Waals surface area contributed by atoms with Crippen LogP contribution in [0, 0.1) is 0 Å². The molecule has 112 valence electrons. The summed E-state index contributed by atoms with van der Waals surface area (Å²) in [5.41, 5.74) is 0.978. The Hall–Kier alpha value is -1.81. The molecule has 0 unspecified atom stereocenters. The van der Waals surface area contributed by atoms with Crippen molar-refractivity contribution in [3.63, 3.8) is 0 Å². The lowest BCUT2D eigenvalue weighted by atomic mass is 10.1. The molecule has 0 fully saturated rings. The van der Waals surface area contributed by atoms with Crippen molar-refractivity contribution in [3.8, 4) is 11.6 Å². The Bertz CT molecular complexity index is 602. The fourth-order valence-corrected chi connectivity index (χ4v) is 2.19. The minimum absolute atomic E-state index is 0.250. The highest BCUT2D eigenvalue weighted by Gasteiger charge is 2.16. The molecule has 0 bridgehead atoms. The van der Waals surface area contributed by atoms with Crippen molar-refractivity contribution in [1.82, 2.24) is 9.97 Å².